The first-order chi connectivity index (χ1) is 9.66. The molecule has 0 spiro atoms. The van der Waals surface area contributed by atoms with Gasteiger partial charge in [-0.15, -0.1) is 0 Å². The van der Waals surface area contributed by atoms with Crippen LogP contribution in [0.15, 0.2) is 23.3 Å². The number of nitriles is 1. The molecule has 0 saturated heterocycles. The third kappa shape index (κ3) is 3.90. The van der Waals surface area contributed by atoms with Gasteiger partial charge >= 0.3 is 6.18 Å². The van der Waals surface area contributed by atoms with Crippen LogP contribution in [0.25, 0.3) is 0 Å². The van der Waals surface area contributed by atoms with Crippen LogP contribution < -0.4 is 11.2 Å². The van der Waals surface area contributed by atoms with Crippen molar-refractivity contribution in [2.24, 2.45) is 10.8 Å². The molecule has 0 radical (unpaired) electrons. The van der Waals surface area contributed by atoms with E-state index in [-0.39, 0.29) is 0 Å². The van der Waals surface area contributed by atoms with Crippen LogP contribution in [0.5, 0.6) is 0 Å². The standard InChI is InChI=1S/C10H6F3N5O3/c11-10(12,13)5-1-2-6(8(3-5)18(20)21)16-17-7(4-14)9(15)19/h1-3,16H,(H2,15,19)/b17-7-. The number of alkyl halides is 3. The van der Waals surface area contributed by atoms with Crippen LogP contribution in [0.3, 0.4) is 0 Å². The zero-order chi connectivity index (χ0) is 16.2. The lowest BCUT2D eigenvalue weighted by molar-refractivity contribution is -0.384. The molecule has 1 rings (SSSR count). The Morgan fingerprint density at radius 1 is 1.48 bits per heavy atom. The SMILES string of the molecule is N#C/C(=N/Nc1ccc(C(F)(F)F)cc1[N+](=O)[O-])C(N)=O. The van der Waals surface area contributed by atoms with Crippen molar-refractivity contribution in [2.45, 2.75) is 6.18 Å². The Hall–Kier alpha value is -3.16. The van der Waals surface area contributed by atoms with E-state index in [0.717, 1.165) is 6.07 Å². The van der Waals surface area contributed by atoms with Crippen molar-refractivity contribution < 1.29 is 22.9 Å². The molecule has 1 amide bonds. The number of amides is 1. The highest BCUT2D eigenvalue weighted by atomic mass is 19.4. The summed E-state index contributed by atoms with van der Waals surface area (Å²) in [4.78, 5) is 20.4. The Labute approximate surface area is 114 Å². The predicted octanol–water partition coefficient (Wildman–Crippen LogP) is 1.39. The maximum absolute atomic E-state index is 12.5. The van der Waals surface area contributed by atoms with Crippen molar-refractivity contribution in [1.82, 2.24) is 0 Å². The lowest BCUT2D eigenvalue weighted by atomic mass is 10.1. The van der Waals surface area contributed by atoms with Gasteiger partial charge in [-0.05, 0) is 12.1 Å². The number of nitrogens with one attached hydrogen (secondary N) is 1. The molecule has 0 atom stereocenters. The van der Waals surface area contributed by atoms with Gasteiger partial charge < -0.3 is 5.73 Å². The first-order valence-corrected chi connectivity index (χ1v) is 5.06. The van der Waals surface area contributed by atoms with Gasteiger partial charge in [-0.25, -0.2) is 0 Å². The molecule has 0 unspecified atom stereocenters. The third-order valence-corrected chi connectivity index (χ3v) is 2.15. The second-order valence-corrected chi connectivity index (χ2v) is 3.54. The number of halogens is 3. The highest BCUT2D eigenvalue weighted by molar-refractivity contribution is 6.44. The molecule has 8 nitrogen and oxygen atoms in total. The molecule has 0 aliphatic carbocycles. The Balaban J connectivity index is 3.23. The average Bonchev–Trinajstić information content (AvgIpc) is 2.37. The summed E-state index contributed by atoms with van der Waals surface area (Å²) in [5.41, 5.74) is 3.38. The summed E-state index contributed by atoms with van der Waals surface area (Å²) >= 11 is 0. The number of hydrogen-bond acceptors (Lipinski definition) is 6. The van der Waals surface area contributed by atoms with E-state index >= 15 is 0 Å². The second kappa shape index (κ2) is 5.87. The zero-order valence-electron chi connectivity index (χ0n) is 10.0. The Kier molecular flexibility index (Phi) is 4.44. The van der Waals surface area contributed by atoms with Gasteiger partial charge in [0.05, 0.1) is 10.5 Å². The molecule has 0 heterocycles. The smallest absolute Gasteiger partial charge is 0.364 e. The highest BCUT2D eigenvalue weighted by Gasteiger charge is 2.33. The van der Waals surface area contributed by atoms with Crippen molar-refractivity contribution in [3.8, 4) is 6.07 Å². The summed E-state index contributed by atoms with van der Waals surface area (Å²) in [5, 5.41) is 22.4. The number of carbonyl (C=O) groups excluding carboxylic acids is 1. The van der Waals surface area contributed by atoms with Crippen LogP contribution in [0.4, 0.5) is 24.5 Å². The van der Waals surface area contributed by atoms with E-state index in [2.05, 4.69) is 5.10 Å². The largest absolute Gasteiger partial charge is 0.416 e. The lowest BCUT2D eigenvalue weighted by Crippen LogP contribution is -2.22. The third-order valence-electron chi connectivity index (χ3n) is 2.15. The van der Waals surface area contributed by atoms with Crippen molar-refractivity contribution in [3.05, 3.63) is 33.9 Å². The molecule has 21 heavy (non-hydrogen) atoms. The van der Waals surface area contributed by atoms with Crippen molar-refractivity contribution in [2.75, 3.05) is 5.43 Å². The van der Waals surface area contributed by atoms with Crippen molar-refractivity contribution in [1.29, 1.82) is 5.26 Å². The number of nitro groups is 1. The molecule has 0 aliphatic heterocycles. The number of nitrogens with zero attached hydrogens (tertiary/aromatic N) is 3. The number of nitro benzene ring substituents is 1. The normalized spacial score (nSPS) is 11.6. The minimum absolute atomic E-state index is 0.300. The van der Waals surface area contributed by atoms with Crippen LogP contribution in [0.2, 0.25) is 0 Å². The molecule has 0 fully saturated rings. The van der Waals surface area contributed by atoms with E-state index < -0.39 is 39.7 Å². The summed E-state index contributed by atoms with van der Waals surface area (Å²) in [6.07, 6.45) is -4.75. The molecular weight excluding hydrogens is 295 g/mol. The number of carbonyl (C=O) groups is 1. The lowest BCUT2D eigenvalue weighted by Gasteiger charge is -2.08. The van der Waals surface area contributed by atoms with Crippen LogP contribution in [-0.2, 0) is 11.0 Å². The van der Waals surface area contributed by atoms with Gasteiger partial charge in [-0.2, -0.15) is 23.5 Å². The van der Waals surface area contributed by atoms with Gasteiger partial charge in [0.25, 0.3) is 11.6 Å². The number of hydrazone groups is 1. The van der Waals surface area contributed by atoms with Crippen LogP contribution in [0, 0.1) is 21.4 Å². The molecule has 0 aliphatic rings. The minimum atomic E-state index is -4.75. The molecular formula is C10H6F3N5O3. The van der Waals surface area contributed by atoms with Crippen LogP contribution in [0.1, 0.15) is 5.56 Å². The average molecular weight is 301 g/mol. The number of primary amides is 1. The molecule has 0 aromatic heterocycles. The van der Waals surface area contributed by atoms with E-state index in [0.29, 0.717) is 12.1 Å². The van der Waals surface area contributed by atoms with E-state index in [4.69, 9.17) is 11.0 Å². The first-order valence-electron chi connectivity index (χ1n) is 5.06. The number of nitrogens with two attached hydrogens (primary N) is 1. The van der Waals surface area contributed by atoms with Gasteiger partial charge in [0.2, 0.25) is 5.71 Å². The molecule has 110 valence electrons. The zero-order valence-corrected chi connectivity index (χ0v) is 10.0. The fourth-order valence-corrected chi connectivity index (χ4v) is 1.20. The van der Waals surface area contributed by atoms with Gasteiger partial charge in [-0.1, -0.05) is 0 Å². The number of hydrogen-bond donors (Lipinski definition) is 2. The van der Waals surface area contributed by atoms with E-state index in [9.17, 15) is 28.1 Å². The quantitative estimate of drug-likeness (QED) is 0.492. The summed E-state index contributed by atoms with van der Waals surface area (Å²) in [6, 6.07) is 2.95. The summed E-state index contributed by atoms with van der Waals surface area (Å²) in [7, 11) is 0. The topological polar surface area (TPSA) is 134 Å². The molecule has 3 N–H and O–H groups in total. The van der Waals surface area contributed by atoms with Gasteiger partial charge in [0.1, 0.15) is 11.8 Å². The van der Waals surface area contributed by atoms with Gasteiger partial charge in [-0.3, -0.25) is 20.3 Å². The summed E-state index contributed by atoms with van der Waals surface area (Å²) < 4.78 is 37.4. The monoisotopic (exact) mass is 301 g/mol. The van der Waals surface area contributed by atoms with Gasteiger partial charge in [0.15, 0.2) is 0 Å². The second-order valence-electron chi connectivity index (χ2n) is 3.54. The predicted molar refractivity (Wildman–Crippen MR) is 64.0 cm³/mol. The maximum atomic E-state index is 12.5. The Bertz CT molecular complexity index is 663. The van der Waals surface area contributed by atoms with Crippen molar-refractivity contribution >= 4 is 23.0 Å². The first kappa shape index (κ1) is 15.9. The number of benzene rings is 1. The maximum Gasteiger partial charge on any atom is 0.416 e. The number of rotatable bonds is 4. The summed E-state index contributed by atoms with van der Waals surface area (Å²) in [5.74, 6) is -1.19. The molecule has 0 bridgehead atoms. The van der Waals surface area contributed by atoms with Crippen LogP contribution in [-0.4, -0.2) is 16.5 Å². The molecule has 11 heteroatoms. The molecule has 0 saturated carbocycles. The van der Waals surface area contributed by atoms with Crippen molar-refractivity contribution in [3.63, 3.8) is 0 Å². The minimum Gasteiger partial charge on any atom is -0.364 e. The fourth-order valence-electron chi connectivity index (χ4n) is 1.20. The molecule has 1 aromatic rings. The summed E-state index contributed by atoms with van der Waals surface area (Å²) in [6.45, 7) is 0. The van der Waals surface area contributed by atoms with E-state index in [1.807, 2.05) is 5.43 Å². The fraction of sp³-hybridized carbons (Fsp3) is 0.100. The van der Waals surface area contributed by atoms with Gasteiger partial charge in [0, 0.05) is 6.07 Å². The number of anilines is 1. The van der Waals surface area contributed by atoms with E-state index in [1.165, 1.54) is 6.07 Å². The highest BCUT2D eigenvalue weighted by Crippen LogP contribution is 2.34. The molecule has 1 aromatic carbocycles. The Morgan fingerprint density at radius 2 is 2.10 bits per heavy atom. The van der Waals surface area contributed by atoms with E-state index in [1.54, 1.807) is 0 Å². The Morgan fingerprint density at radius 3 is 2.52 bits per heavy atom. The van der Waals surface area contributed by atoms with Crippen LogP contribution >= 0.6 is 0 Å².